The first kappa shape index (κ1) is 15.4. The molecular weight excluding hydrogens is 300 g/mol. The van der Waals surface area contributed by atoms with Gasteiger partial charge in [0.15, 0.2) is 0 Å². The number of halogens is 1. The Balaban J connectivity index is 1.55. The Kier molecular flexibility index (Phi) is 4.15. The van der Waals surface area contributed by atoms with Crippen LogP contribution >= 0.6 is 11.6 Å². The Morgan fingerprint density at radius 2 is 2.23 bits per heavy atom. The summed E-state index contributed by atoms with van der Waals surface area (Å²) in [6, 6.07) is 7.89. The highest BCUT2D eigenvalue weighted by molar-refractivity contribution is 6.31. The molecule has 22 heavy (non-hydrogen) atoms. The highest BCUT2D eigenvalue weighted by Crippen LogP contribution is 2.22. The largest absolute Gasteiger partial charge is 0.388 e. The highest BCUT2D eigenvalue weighted by Gasteiger charge is 2.33. The van der Waals surface area contributed by atoms with E-state index in [9.17, 15) is 9.90 Å². The number of aromatic nitrogens is 1. The van der Waals surface area contributed by atoms with Gasteiger partial charge in [0.05, 0.1) is 5.60 Å². The summed E-state index contributed by atoms with van der Waals surface area (Å²) in [5, 5.41) is 11.8. The van der Waals surface area contributed by atoms with Crippen LogP contribution in [0.15, 0.2) is 30.5 Å². The quantitative estimate of drug-likeness (QED) is 0.941. The van der Waals surface area contributed by atoms with Crippen molar-refractivity contribution in [1.82, 2.24) is 9.47 Å². The Morgan fingerprint density at radius 1 is 1.41 bits per heavy atom. The highest BCUT2D eigenvalue weighted by atomic mass is 35.5. The fraction of sp³-hybridized carbons (Fsp3) is 0.471. The summed E-state index contributed by atoms with van der Waals surface area (Å²) in [6.45, 7) is 3.71. The molecule has 118 valence electrons. The Bertz CT molecular complexity index is 693. The molecule has 2 aromatic rings. The fourth-order valence-electron chi connectivity index (χ4n) is 3.08. The zero-order chi connectivity index (χ0) is 15.7. The first-order chi connectivity index (χ1) is 10.4. The van der Waals surface area contributed by atoms with Crippen LogP contribution in [0.1, 0.15) is 26.2 Å². The van der Waals surface area contributed by atoms with Crippen molar-refractivity contribution in [3.63, 3.8) is 0 Å². The van der Waals surface area contributed by atoms with Crippen molar-refractivity contribution in [2.24, 2.45) is 0 Å². The van der Waals surface area contributed by atoms with Crippen LogP contribution in [0.2, 0.25) is 5.02 Å². The van der Waals surface area contributed by atoms with Crippen molar-refractivity contribution >= 4 is 28.4 Å². The molecule has 1 aliphatic heterocycles. The lowest BCUT2D eigenvalue weighted by molar-refractivity contribution is -0.131. The van der Waals surface area contributed by atoms with E-state index >= 15 is 0 Å². The maximum Gasteiger partial charge on any atom is 0.222 e. The summed E-state index contributed by atoms with van der Waals surface area (Å²) >= 11 is 5.99. The molecule has 1 amide bonds. The maximum atomic E-state index is 12.2. The number of hydrogen-bond acceptors (Lipinski definition) is 2. The third-order valence-corrected chi connectivity index (χ3v) is 4.56. The SMILES string of the molecule is CC1(O)CCN(C(=O)CCCn2ccc3cc(Cl)ccc32)C1. The van der Waals surface area contributed by atoms with Gasteiger partial charge in [0.25, 0.3) is 0 Å². The molecule has 2 heterocycles. The van der Waals surface area contributed by atoms with Crippen molar-refractivity contribution in [3.8, 4) is 0 Å². The zero-order valence-corrected chi connectivity index (χ0v) is 13.5. The molecular formula is C17H21ClN2O2. The molecule has 1 aromatic carbocycles. The van der Waals surface area contributed by atoms with Crippen LogP contribution in [0.4, 0.5) is 0 Å². The minimum Gasteiger partial charge on any atom is -0.388 e. The normalized spacial score (nSPS) is 21.7. The van der Waals surface area contributed by atoms with Gasteiger partial charge in [-0.3, -0.25) is 4.79 Å². The first-order valence-corrected chi connectivity index (χ1v) is 8.07. The summed E-state index contributed by atoms with van der Waals surface area (Å²) in [5.74, 6) is 0.136. The van der Waals surface area contributed by atoms with E-state index < -0.39 is 5.60 Å². The van der Waals surface area contributed by atoms with E-state index in [4.69, 9.17) is 11.6 Å². The lowest BCUT2D eigenvalue weighted by atomic mass is 10.1. The molecule has 5 heteroatoms. The van der Waals surface area contributed by atoms with Gasteiger partial charge in [-0.1, -0.05) is 11.6 Å². The number of carbonyl (C=O) groups is 1. The van der Waals surface area contributed by atoms with Gasteiger partial charge in [0.1, 0.15) is 0 Å². The zero-order valence-electron chi connectivity index (χ0n) is 12.8. The van der Waals surface area contributed by atoms with E-state index in [0.717, 1.165) is 28.9 Å². The minimum absolute atomic E-state index is 0.136. The van der Waals surface area contributed by atoms with E-state index in [-0.39, 0.29) is 5.91 Å². The number of aryl methyl sites for hydroxylation is 1. The van der Waals surface area contributed by atoms with Crippen LogP contribution in [-0.4, -0.2) is 39.2 Å². The second-order valence-electron chi connectivity index (χ2n) is 6.38. The van der Waals surface area contributed by atoms with Crippen LogP contribution in [0, 0.1) is 0 Å². The molecule has 1 fully saturated rings. The number of likely N-dealkylation sites (tertiary alicyclic amines) is 1. The second-order valence-corrected chi connectivity index (χ2v) is 6.81. The summed E-state index contributed by atoms with van der Waals surface area (Å²) in [5.41, 5.74) is 0.423. The van der Waals surface area contributed by atoms with Crippen LogP contribution in [0.5, 0.6) is 0 Å². The predicted octanol–water partition coefficient (Wildman–Crippen LogP) is 3.06. The number of rotatable bonds is 4. The van der Waals surface area contributed by atoms with Crippen molar-refractivity contribution in [1.29, 1.82) is 0 Å². The molecule has 1 aromatic heterocycles. The van der Waals surface area contributed by atoms with Gasteiger partial charge in [0, 0.05) is 48.2 Å². The molecule has 0 radical (unpaired) electrons. The number of fused-ring (bicyclic) bond motifs is 1. The molecule has 0 bridgehead atoms. The minimum atomic E-state index is -0.717. The summed E-state index contributed by atoms with van der Waals surface area (Å²) in [6.07, 6.45) is 4.01. The Labute approximate surface area is 135 Å². The molecule has 1 N–H and O–H groups in total. The van der Waals surface area contributed by atoms with E-state index in [1.54, 1.807) is 11.8 Å². The molecule has 0 saturated carbocycles. The van der Waals surface area contributed by atoms with Gasteiger partial charge in [0.2, 0.25) is 5.91 Å². The number of amides is 1. The van der Waals surface area contributed by atoms with Crippen molar-refractivity contribution in [2.45, 2.75) is 38.3 Å². The van der Waals surface area contributed by atoms with E-state index in [1.807, 2.05) is 30.5 Å². The van der Waals surface area contributed by atoms with Crippen LogP contribution in [-0.2, 0) is 11.3 Å². The maximum absolute atomic E-state index is 12.2. The second kappa shape index (κ2) is 5.94. The first-order valence-electron chi connectivity index (χ1n) is 7.69. The van der Waals surface area contributed by atoms with Crippen molar-refractivity contribution in [3.05, 3.63) is 35.5 Å². The number of hydrogen-bond donors (Lipinski definition) is 1. The average molecular weight is 321 g/mol. The third-order valence-electron chi connectivity index (χ3n) is 4.33. The molecule has 1 saturated heterocycles. The molecule has 1 aliphatic rings. The average Bonchev–Trinajstić information content (AvgIpc) is 3.02. The summed E-state index contributed by atoms with van der Waals surface area (Å²) in [7, 11) is 0. The number of aliphatic hydroxyl groups is 1. The van der Waals surface area contributed by atoms with Gasteiger partial charge >= 0.3 is 0 Å². The van der Waals surface area contributed by atoms with Crippen LogP contribution < -0.4 is 0 Å². The Hall–Kier alpha value is -1.52. The van der Waals surface area contributed by atoms with Gasteiger partial charge in [-0.25, -0.2) is 0 Å². The summed E-state index contributed by atoms with van der Waals surface area (Å²) in [4.78, 5) is 13.9. The number of benzene rings is 1. The smallest absolute Gasteiger partial charge is 0.222 e. The number of nitrogens with zero attached hydrogens (tertiary/aromatic N) is 2. The number of β-amino-alcohol motifs (C(OH)–C–C–N with tert-alkyl or cyclic N) is 1. The lowest BCUT2D eigenvalue weighted by Crippen LogP contribution is -2.33. The van der Waals surface area contributed by atoms with E-state index in [2.05, 4.69) is 4.57 Å². The number of carbonyl (C=O) groups excluding carboxylic acids is 1. The molecule has 4 nitrogen and oxygen atoms in total. The molecule has 0 aliphatic carbocycles. The predicted molar refractivity (Wildman–Crippen MR) is 88.0 cm³/mol. The van der Waals surface area contributed by atoms with Gasteiger partial charge in [-0.05, 0) is 44.0 Å². The molecule has 1 unspecified atom stereocenters. The lowest BCUT2D eigenvalue weighted by Gasteiger charge is -2.19. The molecule has 3 rings (SSSR count). The van der Waals surface area contributed by atoms with E-state index in [0.29, 0.717) is 25.9 Å². The molecule has 0 spiro atoms. The summed E-state index contributed by atoms with van der Waals surface area (Å²) < 4.78 is 2.15. The fourth-order valence-corrected chi connectivity index (χ4v) is 3.26. The van der Waals surface area contributed by atoms with Gasteiger partial charge in [-0.15, -0.1) is 0 Å². The van der Waals surface area contributed by atoms with Crippen LogP contribution in [0.3, 0.4) is 0 Å². The van der Waals surface area contributed by atoms with Gasteiger partial charge in [-0.2, -0.15) is 0 Å². The van der Waals surface area contributed by atoms with E-state index in [1.165, 1.54) is 0 Å². The third kappa shape index (κ3) is 3.28. The standard InChI is InChI=1S/C17H21ClN2O2/c1-17(22)7-10-20(12-17)16(21)3-2-8-19-9-6-13-11-14(18)4-5-15(13)19/h4-6,9,11,22H,2-3,7-8,10,12H2,1H3. The van der Waals surface area contributed by atoms with Crippen molar-refractivity contribution < 1.29 is 9.90 Å². The molecule has 1 atom stereocenters. The van der Waals surface area contributed by atoms with Crippen molar-refractivity contribution in [2.75, 3.05) is 13.1 Å². The monoisotopic (exact) mass is 320 g/mol. The van der Waals surface area contributed by atoms with Crippen LogP contribution in [0.25, 0.3) is 10.9 Å². The topological polar surface area (TPSA) is 45.5 Å². The van der Waals surface area contributed by atoms with Gasteiger partial charge < -0.3 is 14.6 Å². The Morgan fingerprint density at radius 3 is 2.95 bits per heavy atom.